The Labute approximate surface area is 151 Å². The number of rotatable bonds is 3. The average molecular weight is 347 g/mol. The Morgan fingerprint density at radius 1 is 0.923 bits per heavy atom. The van der Waals surface area contributed by atoms with Crippen LogP contribution in [0.5, 0.6) is 0 Å². The highest BCUT2D eigenvalue weighted by Crippen LogP contribution is 2.38. The molecule has 2 N–H and O–H groups in total. The van der Waals surface area contributed by atoms with Crippen molar-refractivity contribution in [3.8, 4) is 0 Å². The van der Waals surface area contributed by atoms with E-state index in [1.54, 1.807) is 30.5 Å². The highest BCUT2D eigenvalue weighted by molar-refractivity contribution is 5.89. The van der Waals surface area contributed by atoms with E-state index in [0.717, 1.165) is 5.56 Å². The summed E-state index contributed by atoms with van der Waals surface area (Å²) in [6.45, 7) is 0. The predicted octanol–water partition coefficient (Wildman–Crippen LogP) is 4.04. The number of carbonyl (C=O) groups excluding carboxylic acids is 1. The summed E-state index contributed by atoms with van der Waals surface area (Å²) in [5.74, 6) is 0.187. The summed E-state index contributed by atoms with van der Waals surface area (Å²) in [5, 5.41) is 5.88. The number of aromatic nitrogens is 1. The Morgan fingerprint density at radius 2 is 1.58 bits per heavy atom. The van der Waals surface area contributed by atoms with E-state index in [1.807, 2.05) is 18.2 Å². The van der Waals surface area contributed by atoms with Crippen LogP contribution in [0.3, 0.4) is 0 Å². The molecule has 0 aliphatic heterocycles. The third kappa shape index (κ3) is 3.16. The monoisotopic (exact) mass is 347 g/mol. The molecule has 5 heteroatoms. The number of nitrogens with one attached hydrogen (secondary N) is 2. The zero-order chi connectivity index (χ0) is 18.0. The Bertz CT molecular complexity index is 901. The molecule has 26 heavy (non-hydrogen) atoms. The predicted molar refractivity (Wildman–Crippen MR) is 98.3 cm³/mol. The molecule has 4 rings (SSSR count). The van der Waals surface area contributed by atoms with E-state index in [9.17, 15) is 9.18 Å². The lowest BCUT2D eigenvalue weighted by Gasteiger charge is -2.31. The van der Waals surface area contributed by atoms with Crippen LogP contribution >= 0.6 is 0 Å². The smallest absolute Gasteiger partial charge is 0.321 e. The Hall–Kier alpha value is -3.21. The number of fused-ring (bicyclic) bond motifs is 1. The molecule has 3 aromatic rings. The van der Waals surface area contributed by atoms with Gasteiger partial charge in [0.1, 0.15) is 11.6 Å². The van der Waals surface area contributed by atoms with Crippen LogP contribution < -0.4 is 10.6 Å². The Balaban J connectivity index is 1.64. The summed E-state index contributed by atoms with van der Waals surface area (Å²) in [6, 6.07) is 19.5. The molecule has 1 heterocycles. The van der Waals surface area contributed by atoms with Crippen LogP contribution in [-0.2, 0) is 18.4 Å². The van der Waals surface area contributed by atoms with E-state index in [4.69, 9.17) is 0 Å². The molecule has 0 fully saturated rings. The molecule has 1 aliphatic rings. The molecular formula is C21H18FN3O. The highest BCUT2D eigenvalue weighted by Gasteiger charge is 2.40. The minimum atomic E-state index is -0.615. The zero-order valence-corrected chi connectivity index (χ0v) is 14.1. The molecule has 0 unspecified atom stereocenters. The number of carbonyl (C=O) groups is 1. The number of amides is 2. The third-order valence-electron chi connectivity index (χ3n) is 4.76. The number of benzene rings is 2. The molecule has 0 saturated heterocycles. The van der Waals surface area contributed by atoms with Crippen LogP contribution in [0, 0.1) is 5.82 Å². The van der Waals surface area contributed by atoms with Crippen molar-refractivity contribution >= 4 is 11.8 Å². The number of hydrogen-bond acceptors (Lipinski definition) is 2. The molecule has 1 aromatic heterocycles. The van der Waals surface area contributed by atoms with Crippen LogP contribution in [0.1, 0.15) is 16.7 Å². The fourth-order valence-electron chi connectivity index (χ4n) is 3.55. The van der Waals surface area contributed by atoms with Gasteiger partial charge >= 0.3 is 6.03 Å². The van der Waals surface area contributed by atoms with E-state index in [1.165, 1.54) is 23.3 Å². The Kier molecular flexibility index (Phi) is 4.13. The van der Waals surface area contributed by atoms with Gasteiger partial charge in [0, 0.05) is 19.0 Å². The normalized spacial score (nSPS) is 14.5. The fraction of sp³-hybridized carbons (Fsp3) is 0.143. The maximum Gasteiger partial charge on any atom is 0.321 e. The van der Waals surface area contributed by atoms with Gasteiger partial charge in [-0.3, -0.25) is 5.32 Å². The molecule has 0 saturated carbocycles. The van der Waals surface area contributed by atoms with Crippen molar-refractivity contribution in [3.63, 3.8) is 0 Å². The van der Waals surface area contributed by atoms with Gasteiger partial charge in [0.15, 0.2) is 0 Å². The van der Waals surface area contributed by atoms with Crippen LogP contribution in [0.15, 0.2) is 72.9 Å². The minimum Gasteiger partial charge on any atom is -0.328 e. The summed E-state index contributed by atoms with van der Waals surface area (Å²) < 4.78 is 13.4. The van der Waals surface area contributed by atoms with E-state index in [2.05, 4.69) is 27.8 Å². The van der Waals surface area contributed by atoms with Crippen molar-refractivity contribution in [2.75, 3.05) is 5.32 Å². The average Bonchev–Trinajstić information content (AvgIpc) is 3.02. The van der Waals surface area contributed by atoms with Crippen molar-refractivity contribution in [1.82, 2.24) is 10.3 Å². The van der Waals surface area contributed by atoms with Crippen LogP contribution in [0.25, 0.3) is 0 Å². The summed E-state index contributed by atoms with van der Waals surface area (Å²) in [4.78, 5) is 16.7. The molecule has 0 spiro atoms. The number of pyridine rings is 1. The number of nitrogens with zero attached hydrogens (tertiary/aromatic N) is 1. The number of hydrogen-bond donors (Lipinski definition) is 2. The quantitative estimate of drug-likeness (QED) is 0.751. The Morgan fingerprint density at radius 3 is 2.19 bits per heavy atom. The molecule has 2 amide bonds. The summed E-state index contributed by atoms with van der Waals surface area (Å²) >= 11 is 0. The van der Waals surface area contributed by atoms with E-state index >= 15 is 0 Å². The third-order valence-corrected chi connectivity index (χ3v) is 4.76. The van der Waals surface area contributed by atoms with E-state index < -0.39 is 5.54 Å². The fourth-order valence-corrected chi connectivity index (χ4v) is 3.55. The van der Waals surface area contributed by atoms with Gasteiger partial charge in [0.2, 0.25) is 0 Å². The van der Waals surface area contributed by atoms with Crippen molar-refractivity contribution < 1.29 is 9.18 Å². The van der Waals surface area contributed by atoms with Gasteiger partial charge in [-0.05, 0) is 41.0 Å². The summed E-state index contributed by atoms with van der Waals surface area (Å²) in [6.07, 6.45) is 2.94. The van der Waals surface area contributed by atoms with Crippen LogP contribution in [-0.4, -0.2) is 11.0 Å². The second kappa shape index (κ2) is 6.59. The van der Waals surface area contributed by atoms with E-state index in [0.29, 0.717) is 18.7 Å². The van der Waals surface area contributed by atoms with Gasteiger partial charge in [0.25, 0.3) is 0 Å². The number of halogens is 1. The van der Waals surface area contributed by atoms with E-state index in [-0.39, 0.29) is 11.8 Å². The standard InChI is InChI=1S/C21H18FN3O/c22-18-10-8-17(9-11-18)21(13-15-5-1-2-6-16(15)14-21)25-20(26)24-19-7-3-4-12-23-19/h1-12H,13-14H2,(H2,23,24,25,26). The maximum absolute atomic E-state index is 13.4. The van der Waals surface area contributed by atoms with Crippen molar-refractivity contribution in [2.24, 2.45) is 0 Å². The van der Waals surface area contributed by atoms with Crippen LogP contribution in [0.2, 0.25) is 0 Å². The minimum absolute atomic E-state index is 0.294. The largest absolute Gasteiger partial charge is 0.328 e. The van der Waals surface area contributed by atoms with Gasteiger partial charge in [-0.25, -0.2) is 14.2 Å². The SMILES string of the molecule is O=C(Nc1ccccn1)NC1(c2ccc(F)cc2)Cc2ccccc2C1. The first-order valence-electron chi connectivity index (χ1n) is 8.48. The van der Waals surface area contributed by atoms with Gasteiger partial charge in [0.05, 0.1) is 5.54 Å². The molecule has 1 aliphatic carbocycles. The molecule has 0 bridgehead atoms. The molecule has 2 aromatic carbocycles. The first-order valence-corrected chi connectivity index (χ1v) is 8.48. The van der Waals surface area contributed by atoms with Crippen molar-refractivity contribution in [3.05, 3.63) is 95.4 Å². The summed E-state index contributed by atoms with van der Waals surface area (Å²) in [7, 11) is 0. The van der Waals surface area contributed by atoms with Crippen molar-refractivity contribution in [1.29, 1.82) is 0 Å². The summed E-state index contributed by atoms with van der Waals surface area (Å²) in [5.41, 5.74) is 2.65. The van der Waals surface area contributed by atoms with Crippen molar-refractivity contribution in [2.45, 2.75) is 18.4 Å². The molecule has 4 nitrogen and oxygen atoms in total. The molecule has 0 radical (unpaired) electrons. The lowest BCUT2D eigenvalue weighted by atomic mass is 9.87. The number of anilines is 1. The first-order chi connectivity index (χ1) is 12.6. The highest BCUT2D eigenvalue weighted by atomic mass is 19.1. The molecule has 130 valence electrons. The van der Waals surface area contributed by atoms with Crippen LogP contribution in [0.4, 0.5) is 15.0 Å². The number of urea groups is 1. The lowest BCUT2D eigenvalue weighted by molar-refractivity contribution is 0.237. The zero-order valence-electron chi connectivity index (χ0n) is 14.1. The molecular weight excluding hydrogens is 329 g/mol. The van der Waals surface area contributed by atoms with Gasteiger partial charge in [-0.2, -0.15) is 0 Å². The lowest BCUT2D eigenvalue weighted by Crippen LogP contribution is -2.48. The van der Waals surface area contributed by atoms with Gasteiger partial charge in [-0.15, -0.1) is 0 Å². The van der Waals surface area contributed by atoms with Gasteiger partial charge < -0.3 is 5.32 Å². The first kappa shape index (κ1) is 16.3. The second-order valence-corrected chi connectivity index (χ2v) is 6.51. The second-order valence-electron chi connectivity index (χ2n) is 6.51. The topological polar surface area (TPSA) is 54.0 Å². The molecule has 0 atom stereocenters. The van der Waals surface area contributed by atoms with Gasteiger partial charge in [-0.1, -0.05) is 42.5 Å². The maximum atomic E-state index is 13.4.